The SMILES string of the molecule is CCc1ccc(-c2nc(SCc3cccc(Br)c3)n[nH]2)cc1. The molecule has 0 unspecified atom stereocenters. The van der Waals surface area contributed by atoms with Gasteiger partial charge in [0.1, 0.15) is 0 Å². The number of H-pyrrole nitrogens is 1. The molecule has 0 aliphatic rings. The van der Waals surface area contributed by atoms with Gasteiger partial charge in [-0.25, -0.2) is 4.98 Å². The molecule has 112 valence electrons. The van der Waals surface area contributed by atoms with Crippen LogP contribution in [-0.4, -0.2) is 15.2 Å². The molecule has 0 radical (unpaired) electrons. The Kier molecular flexibility index (Phi) is 4.95. The molecule has 1 N–H and O–H groups in total. The molecule has 3 rings (SSSR count). The Labute approximate surface area is 142 Å². The summed E-state index contributed by atoms with van der Waals surface area (Å²) in [5.74, 6) is 1.67. The lowest BCUT2D eigenvalue weighted by Gasteiger charge is -1.99. The summed E-state index contributed by atoms with van der Waals surface area (Å²) < 4.78 is 1.09. The number of benzene rings is 2. The summed E-state index contributed by atoms with van der Waals surface area (Å²) in [7, 11) is 0. The van der Waals surface area contributed by atoms with Gasteiger partial charge in [0.05, 0.1) is 0 Å². The van der Waals surface area contributed by atoms with Crippen molar-refractivity contribution in [3.8, 4) is 11.4 Å². The summed E-state index contributed by atoms with van der Waals surface area (Å²) in [4.78, 5) is 4.56. The first-order valence-electron chi connectivity index (χ1n) is 7.13. The number of nitrogens with one attached hydrogen (secondary N) is 1. The van der Waals surface area contributed by atoms with Crippen LogP contribution >= 0.6 is 27.7 Å². The average molecular weight is 374 g/mol. The monoisotopic (exact) mass is 373 g/mol. The Morgan fingerprint density at radius 2 is 1.91 bits per heavy atom. The van der Waals surface area contributed by atoms with Crippen LogP contribution in [0.5, 0.6) is 0 Å². The highest BCUT2D eigenvalue weighted by Crippen LogP contribution is 2.23. The van der Waals surface area contributed by atoms with Gasteiger partial charge in [-0.05, 0) is 29.7 Å². The van der Waals surface area contributed by atoms with Crippen molar-refractivity contribution in [3.63, 3.8) is 0 Å². The Balaban J connectivity index is 1.68. The molecule has 0 amide bonds. The molecule has 0 saturated carbocycles. The van der Waals surface area contributed by atoms with E-state index in [1.165, 1.54) is 11.1 Å². The van der Waals surface area contributed by atoms with E-state index in [1.807, 2.05) is 12.1 Å². The predicted octanol–water partition coefficient (Wildman–Crippen LogP) is 5.09. The van der Waals surface area contributed by atoms with Gasteiger partial charge < -0.3 is 0 Å². The highest BCUT2D eigenvalue weighted by atomic mass is 79.9. The van der Waals surface area contributed by atoms with Crippen LogP contribution in [0.15, 0.2) is 58.2 Å². The minimum absolute atomic E-state index is 0.773. The number of aromatic amines is 1. The molecule has 3 aromatic rings. The average Bonchev–Trinajstić information content (AvgIpc) is 3.02. The van der Waals surface area contributed by atoms with E-state index in [2.05, 4.69) is 74.4 Å². The molecule has 0 fully saturated rings. The fourth-order valence-corrected chi connectivity index (χ4v) is 3.30. The molecule has 22 heavy (non-hydrogen) atoms. The molecule has 3 nitrogen and oxygen atoms in total. The van der Waals surface area contributed by atoms with E-state index in [1.54, 1.807) is 11.8 Å². The number of nitrogens with zero attached hydrogens (tertiary/aromatic N) is 2. The van der Waals surface area contributed by atoms with Crippen LogP contribution in [0.3, 0.4) is 0 Å². The largest absolute Gasteiger partial charge is 0.258 e. The van der Waals surface area contributed by atoms with E-state index < -0.39 is 0 Å². The number of thioether (sulfide) groups is 1. The van der Waals surface area contributed by atoms with E-state index in [-0.39, 0.29) is 0 Å². The molecule has 0 aliphatic carbocycles. The third kappa shape index (κ3) is 3.78. The second-order valence-electron chi connectivity index (χ2n) is 4.94. The molecular formula is C17H16BrN3S. The lowest BCUT2D eigenvalue weighted by molar-refractivity contribution is 0.973. The van der Waals surface area contributed by atoms with Crippen molar-refractivity contribution < 1.29 is 0 Å². The minimum Gasteiger partial charge on any atom is -0.258 e. The molecule has 5 heteroatoms. The lowest BCUT2D eigenvalue weighted by Crippen LogP contribution is -1.83. The zero-order valence-electron chi connectivity index (χ0n) is 12.2. The van der Waals surface area contributed by atoms with Crippen LogP contribution in [0.25, 0.3) is 11.4 Å². The van der Waals surface area contributed by atoms with Crippen molar-refractivity contribution in [1.82, 2.24) is 15.2 Å². The first-order valence-corrected chi connectivity index (χ1v) is 8.91. The summed E-state index contributed by atoms with van der Waals surface area (Å²) in [5.41, 5.74) is 3.64. The first-order chi connectivity index (χ1) is 10.7. The van der Waals surface area contributed by atoms with Crippen LogP contribution in [0.4, 0.5) is 0 Å². The minimum atomic E-state index is 0.773. The molecule has 0 aliphatic heterocycles. The van der Waals surface area contributed by atoms with Gasteiger partial charge in [0.15, 0.2) is 5.82 Å². The van der Waals surface area contributed by atoms with Crippen LogP contribution in [0.2, 0.25) is 0 Å². The third-order valence-corrected chi connectivity index (χ3v) is 4.77. The van der Waals surface area contributed by atoms with E-state index in [0.29, 0.717) is 0 Å². The van der Waals surface area contributed by atoms with Crippen molar-refractivity contribution in [2.75, 3.05) is 0 Å². The fourth-order valence-electron chi connectivity index (χ4n) is 2.11. The van der Waals surface area contributed by atoms with Crippen LogP contribution < -0.4 is 0 Å². The van der Waals surface area contributed by atoms with Crippen LogP contribution in [-0.2, 0) is 12.2 Å². The zero-order chi connectivity index (χ0) is 15.4. The van der Waals surface area contributed by atoms with Gasteiger partial charge in [-0.3, -0.25) is 5.10 Å². The van der Waals surface area contributed by atoms with Gasteiger partial charge in [-0.2, -0.15) is 0 Å². The molecule has 0 spiro atoms. The van der Waals surface area contributed by atoms with Crippen molar-refractivity contribution in [1.29, 1.82) is 0 Å². The van der Waals surface area contributed by atoms with Crippen molar-refractivity contribution >= 4 is 27.7 Å². The maximum absolute atomic E-state index is 4.56. The van der Waals surface area contributed by atoms with E-state index in [0.717, 1.165) is 33.2 Å². The van der Waals surface area contributed by atoms with E-state index >= 15 is 0 Å². The fraction of sp³-hybridized carbons (Fsp3) is 0.176. The van der Waals surface area contributed by atoms with Crippen LogP contribution in [0, 0.1) is 0 Å². The Hall–Kier alpha value is -1.59. The van der Waals surface area contributed by atoms with Crippen molar-refractivity contribution in [3.05, 3.63) is 64.1 Å². The normalized spacial score (nSPS) is 10.8. The lowest BCUT2D eigenvalue weighted by atomic mass is 10.1. The van der Waals surface area contributed by atoms with Gasteiger partial charge >= 0.3 is 0 Å². The van der Waals surface area contributed by atoms with Crippen molar-refractivity contribution in [2.24, 2.45) is 0 Å². The topological polar surface area (TPSA) is 41.6 Å². The molecule has 1 heterocycles. The molecule has 0 saturated heterocycles. The summed E-state index contributed by atoms with van der Waals surface area (Å²) in [5, 5.41) is 8.08. The van der Waals surface area contributed by atoms with Gasteiger partial charge in [-0.1, -0.05) is 71.0 Å². The predicted molar refractivity (Wildman–Crippen MR) is 94.9 cm³/mol. The number of halogens is 1. The maximum Gasteiger partial charge on any atom is 0.209 e. The zero-order valence-corrected chi connectivity index (χ0v) is 14.6. The van der Waals surface area contributed by atoms with E-state index in [9.17, 15) is 0 Å². The Morgan fingerprint density at radius 3 is 2.64 bits per heavy atom. The van der Waals surface area contributed by atoms with E-state index in [4.69, 9.17) is 0 Å². The van der Waals surface area contributed by atoms with Gasteiger partial charge in [0.25, 0.3) is 0 Å². The van der Waals surface area contributed by atoms with Gasteiger partial charge in [-0.15, -0.1) is 5.10 Å². The van der Waals surface area contributed by atoms with Crippen LogP contribution in [0.1, 0.15) is 18.1 Å². The summed E-state index contributed by atoms with van der Waals surface area (Å²) in [6.45, 7) is 2.15. The summed E-state index contributed by atoms with van der Waals surface area (Å²) in [6.07, 6.45) is 1.05. The standard InChI is InChI=1S/C17H16BrN3S/c1-2-12-6-8-14(9-7-12)16-19-17(21-20-16)22-11-13-4-3-5-15(18)10-13/h3-10H,2,11H2,1H3,(H,19,20,21). The van der Waals surface area contributed by atoms with Gasteiger partial charge in [0.2, 0.25) is 5.16 Å². The third-order valence-electron chi connectivity index (χ3n) is 3.36. The molecular weight excluding hydrogens is 358 g/mol. The molecule has 1 aromatic heterocycles. The summed E-state index contributed by atoms with van der Waals surface area (Å²) in [6, 6.07) is 16.7. The Morgan fingerprint density at radius 1 is 1.09 bits per heavy atom. The maximum atomic E-state index is 4.56. The molecule has 0 atom stereocenters. The quantitative estimate of drug-likeness (QED) is 0.633. The van der Waals surface area contributed by atoms with Crippen molar-refractivity contribution in [2.45, 2.75) is 24.3 Å². The number of aromatic nitrogens is 3. The second-order valence-corrected chi connectivity index (χ2v) is 6.79. The number of rotatable bonds is 5. The highest BCUT2D eigenvalue weighted by Gasteiger charge is 2.06. The highest BCUT2D eigenvalue weighted by molar-refractivity contribution is 9.10. The summed E-state index contributed by atoms with van der Waals surface area (Å²) >= 11 is 5.12. The second kappa shape index (κ2) is 7.11. The molecule has 0 bridgehead atoms. The number of hydrogen-bond acceptors (Lipinski definition) is 3. The first kappa shape index (κ1) is 15.3. The number of aryl methyl sites for hydroxylation is 1. The Bertz CT molecular complexity index is 753. The smallest absolute Gasteiger partial charge is 0.209 e. The molecule has 2 aromatic carbocycles. The van der Waals surface area contributed by atoms with Gasteiger partial charge in [0, 0.05) is 15.8 Å². The number of hydrogen-bond donors (Lipinski definition) is 1.